The Morgan fingerprint density at radius 3 is 2.70 bits per heavy atom. The minimum atomic E-state index is -0.466. The van der Waals surface area contributed by atoms with Crippen LogP contribution in [0, 0.1) is 0 Å². The summed E-state index contributed by atoms with van der Waals surface area (Å²) in [6.45, 7) is 9.81. The van der Waals surface area contributed by atoms with Gasteiger partial charge in [-0.15, -0.1) is 0 Å². The Morgan fingerprint density at radius 1 is 1.30 bits per heavy atom. The number of fused-ring (bicyclic) bond motifs is 1. The summed E-state index contributed by atoms with van der Waals surface area (Å²) in [6, 6.07) is 8.07. The van der Waals surface area contributed by atoms with Crippen LogP contribution in [0.3, 0.4) is 0 Å². The highest BCUT2D eigenvalue weighted by molar-refractivity contribution is 5.77. The lowest BCUT2D eigenvalue weighted by atomic mass is 10.2. The standard InChI is InChI=1S/C17H24N4O2/c1-12-11-20(9-10-21(12)16(22)23-17(2,3)4)15-18-13-7-5-6-8-14(13)19-15/h5-8,12H,9-11H2,1-4H3,(H,18,19)/t12-/m0/s1. The number of hydrogen-bond acceptors (Lipinski definition) is 4. The quantitative estimate of drug-likeness (QED) is 0.878. The van der Waals surface area contributed by atoms with Gasteiger partial charge in [-0.1, -0.05) is 12.1 Å². The van der Waals surface area contributed by atoms with Crippen molar-refractivity contribution < 1.29 is 9.53 Å². The van der Waals surface area contributed by atoms with Crippen LogP contribution in [-0.4, -0.2) is 52.2 Å². The molecule has 0 aliphatic carbocycles. The van der Waals surface area contributed by atoms with Gasteiger partial charge in [-0.05, 0) is 39.8 Å². The third kappa shape index (κ3) is 3.41. The summed E-state index contributed by atoms with van der Waals surface area (Å²) < 4.78 is 5.48. The fourth-order valence-electron chi connectivity index (χ4n) is 2.83. The average molecular weight is 316 g/mol. The molecule has 0 bridgehead atoms. The SMILES string of the molecule is C[C@H]1CN(c2nc3ccccc3[nH]2)CCN1C(=O)OC(C)(C)C. The first-order valence-electron chi connectivity index (χ1n) is 8.03. The van der Waals surface area contributed by atoms with Crippen molar-refractivity contribution in [2.75, 3.05) is 24.5 Å². The van der Waals surface area contributed by atoms with Crippen LogP contribution in [-0.2, 0) is 4.74 Å². The van der Waals surface area contributed by atoms with E-state index in [2.05, 4.69) is 14.9 Å². The number of aromatic amines is 1. The van der Waals surface area contributed by atoms with Gasteiger partial charge in [0.2, 0.25) is 5.95 Å². The number of anilines is 1. The smallest absolute Gasteiger partial charge is 0.410 e. The number of piperazine rings is 1. The van der Waals surface area contributed by atoms with E-state index in [0.717, 1.165) is 30.1 Å². The third-order valence-corrected chi connectivity index (χ3v) is 3.93. The second-order valence-corrected chi connectivity index (χ2v) is 7.05. The fourth-order valence-corrected chi connectivity index (χ4v) is 2.83. The Balaban J connectivity index is 1.69. The van der Waals surface area contributed by atoms with Crippen molar-refractivity contribution in [3.63, 3.8) is 0 Å². The summed E-state index contributed by atoms with van der Waals surface area (Å²) in [5, 5.41) is 0. The Hall–Kier alpha value is -2.24. The van der Waals surface area contributed by atoms with E-state index in [1.165, 1.54) is 0 Å². The zero-order chi connectivity index (χ0) is 16.6. The van der Waals surface area contributed by atoms with Gasteiger partial charge in [0, 0.05) is 25.7 Å². The molecule has 6 heteroatoms. The van der Waals surface area contributed by atoms with Crippen LogP contribution >= 0.6 is 0 Å². The number of amides is 1. The first-order chi connectivity index (χ1) is 10.8. The summed E-state index contributed by atoms with van der Waals surface area (Å²) >= 11 is 0. The van der Waals surface area contributed by atoms with Crippen molar-refractivity contribution in [3.8, 4) is 0 Å². The van der Waals surface area contributed by atoms with E-state index in [4.69, 9.17) is 4.74 Å². The first kappa shape index (κ1) is 15.6. The molecule has 1 N–H and O–H groups in total. The predicted octanol–water partition coefficient (Wildman–Crippen LogP) is 3.01. The Bertz CT molecular complexity index is 671. The summed E-state index contributed by atoms with van der Waals surface area (Å²) in [5.41, 5.74) is 1.53. The van der Waals surface area contributed by atoms with Crippen LogP contribution < -0.4 is 4.90 Å². The van der Waals surface area contributed by atoms with E-state index >= 15 is 0 Å². The van der Waals surface area contributed by atoms with E-state index in [1.54, 1.807) is 4.90 Å². The minimum absolute atomic E-state index is 0.0758. The molecule has 0 radical (unpaired) electrons. The van der Waals surface area contributed by atoms with E-state index < -0.39 is 5.60 Å². The maximum absolute atomic E-state index is 12.3. The number of carbonyl (C=O) groups is 1. The topological polar surface area (TPSA) is 61.5 Å². The molecule has 1 aromatic heterocycles. The van der Waals surface area contributed by atoms with Crippen molar-refractivity contribution in [2.24, 2.45) is 0 Å². The number of carbonyl (C=O) groups excluding carboxylic acids is 1. The molecule has 0 spiro atoms. The average Bonchev–Trinajstić information content (AvgIpc) is 2.89. The van der Waals surface area contributed by atoms with Crippen molar-refractivity contribution >= 4 is 23.1 Å². The fraction of sp³-hybridized carbons (Fsp3) is 0.529. The normalized spacial score (nSPS) is 19.2. The van der Waals surface area contributed by atoms with Gasteiger partial charge in [-0.3, -0.25) is 0 Å². The second kappa shape index (κ2) is 5.76. The molecule has 23 heavy (non-hydrogen) atoms. The van der Waals surface area contributed by atoms with Crippen LogP contribution in [0.2, 0.25) is 0 Å². The van der Waals surface area contributed by atoms with Crippen LogP contribution in [0.25, 0.3) is 11.0 Å². The molecule has 1 amide bonds. The van der Waals surface area contributed by atoms with Crippen molar-refractivity contribution in [3.05, 3.63) is 24.3 Å². The van der Waals surface area contributed by atoms with Gasteiger partial charge in [0.1, 0.15) is 5.60 Å². The van der Waals surface area contributed by atoms with Crippen LogP contribution in [0.1, 0.15) is 27.7 Å². The van der Waals surface area contributed by atoms with Gasteiger partial charge in [0.25, 0.3) is 0 Å². The molecule has 1 atom stereocenters. The molecule has 1 aromatic carbocycles. The molecule has 3 rings (SSSR count). The summed E-state index contributed by atoms with van der Waals surface area (Å²) in [4.78, 5) is 24.2. The molecule has 0 saturated carbocycles. The molecule has 6 nitrogen and oxygen atoms in total. The lowest BCUT2D eigenvalue weighted by Crippen LogP contribution is -2.55. The lowest BCUT2D eigenvalue weighted by Gasteiger charge is -2.40. The Labute approximate surface area is 136 Å². The molecular formula is C17H24N4O2. The van der Waals surface area contributed by atoms with Crippen LogP contribution in [0.5, 0.6) is 0 Å². The zero-order valence-corrected chi connectivity index (χ0v) is 14.2. The largest absolute Gasteiger partial charge is 0.444 e. The summed E-state index contributed by atoms with van der Waals surface area (Å²) in [6.07, 6.45) is -0.241. The molecule has 124 valence electrons. The predicted molar refractivity (Wildman–Crippen MR) is 90.7 cm³/mol. The highest BCUT2D eigenvalue weighted by Crippen LogP contribution is 2.21. The molecule has 1 saturated heterocycles. The number of hydrogen-bond donors (Lipinski definition) is 1. The highest BCUT2D eigenvalue weighted by atomic mass is 16.6. The van der Waals surface area contributed by atoms with Gasteiger partial charge in [0.15, 0.2) is 0 Å². The lowest BCUT2D eigenvalue weighted by molar-refractivity contribution is 0.0158. The summed E-state index contributed by atoms with van der Waals surface area (Å²) in [5.74, 6) is 0.863. The van der Waals surface area contributed by atoms with E-state index in [-0.39, 0.29) is 12.1 Å². The van der Waals surface area contributed by atoms with Crippen molar-refractivity contribution in [2.45, 2.75) is 39.3 Å². The monoisotopic (exact) mass is 316 g/mol. The van der Waals surface area contributed by atoms with Gasteiger partial charge < -0.3 is 19.5 Å². The maximum Gasteiger partial charge on any atom is 0.410 e. The zero-order valence-electron chi connectivity index (χ0n) is 14.2. The van der Waals surface area contributed by atoms with Gasteiger partial charge in [0.05, 0.1) is 11.0 Å². The number of imidazole rings is 1. The van der Waals surface area contributed by atoms with Gasteiger partial charge >= 0.3 is 6.09 Å². The van der Waals surface area contributed by atoms with E-state index in [0.29, 0.717) is 6.54 Å². The van der Waals surface area contributed by atoms with Crippen LogP contribution in [0.15, 0.2) is 24.3 Å². The Morgan fingerprint density at radius 2 is 2.04 bits per heavy atom. The maximum atomic E-state index is 12.3. The molecule has 2 heterocycles. The van der Waals surface area contributed by atoms with Gasteiger partial charge in [-0.25, -0.2) is 9.78 Å². The summed E-state index contributed by atoms with van der Waals surface area (Å²) in [7, 11) is 0. The van der Waals surface area contributed by atoms with E-state index in [1.807, 2.05) is 52.0 Å². The number of H-pyrrole nitrogens is 1. The highest BCUT2D eigenvalue weighted by Gasteiger charge is 2.31. The molecule has 1 aliphatic rings. The van der Waals surface area contributed by atoms with Crippen molar-refractivity contribution in [1.82, 2.24) is 14.9 Å². The van der Waals surface area contributed by atoms with Crippen LogP contribution in [0.4, 0.5) is 10.7 Å². The number of ether oxygens (including phenoxy) is 1. The molecule has 0 unspecified atom stereocenters. The third-order valence-electron chi connectivity index (χ3n) is 3.93. The number of nitrogens with one attached hydrogen (secondary N) is 1. The Kier molecular flexibility index (Phi) is 3.92. The van der Waals surface area contributed by atoms with Gasteiger partial charge in [-0.2, -0.15) is 0 Å². The second-order valence-electron chi connectivity index (χ2n) is 7.05. The van der Waals surface area contributed by atoms with Crippen molar-refractivity contribution in [1.29, 1.82) is 0 Å². The molecular weight excluding hydrogens is 292 g/mol. The number of aromatic nitrogens is 2. The first-order valence-corrected chi connectivity index (χ1v) is 8.03. The number of benzene rings is 1. The molecule has 2 aromatic rings. The number of rotatable bonds is 1. The molecule has 1 fully saturated rings. The van der Waals surface area contributed by atoms with E-state index in [9.17, 15) is 4.79 Å². The minimum Gasteiger partial charge on any atom is -0.444 e. The number of nitrogens with zero attached hydrogens (tertiary/aromatic N) is 3. The number of para-hydroxylation sites is 2. The molecule has 1 aliphatic heterocycles.